The number of carbonyl (C=O) groups is 2. The van der Waals surface area contributed by atoms with E-state index in [9.17, 15) is 26.4 Å². The number of hydrogen-bond donors (Lipinski definition) is 5. The zero-order valence-corrected chi connectivity index (χ0v) is 9.55. The Hall–Kier alpha value is -1.28. The van der Waals surface area contributed by atoms with Gasteiger partial charge in [-0.15, -0.1) is 0 Å². The van der Waals surface area contributed by atoms with Crippen molar-refractivity contribution in [3.05, 3.63) is 0 Å². The number of carboxylic acids is 2. The molecule has 13 heteroatoms. The predicted molar refractivity (Wildman–Crippen MR) is 51.0 cm³/mol. The summed E-state index contributed by atoms with van der Waals surface area (Å²) in [4.78, 5) is 20.7. The maximum atomic E-state index is 10.5. The first-order valence-corrected chi connectivity index (χ1v) is 6.28. The van der Waals surface area contributed by atoms with Crippen LogP contribution in [-0.2, 0) is 29.8 Å². The molecular weight excluding hydrogens is 286 g/mol. The molecule has 0 radical (unpaired) electrons. The molecule has 0 spiro atoms. The number of hydrogen-bond acceptors (Lipinski definition) is 7. The van der Waals surface area contributed by atoms with Gasteiger partial charge in [0.25, 0.3) is 20.2 Å². The maximum absolute atomic E-state index is 10.5. The molecule has 0 aliphatic rings. The fraction of sp³-hybridized carbons (Fsp3) is 0.500. The molecule has 0 bridgehead atoms. The molecule has 0 aliphatic carbocycles. The fourth-order valence-corrected chi connectivity index (χ4v) is 3.04. The molecule has 2 unspecified atom stereocenters. The molecule has 0 aromatic heterocycles. The minimum atomic E-state index is -5.51. The van der Waals surface area contributed by atoms with E-state index in [0.29, 0.717) is 0 Å². The molecule has 0 heterocycles. The van der Waals surface area contributed by atoms with Crippen molar-refractivity contribution >= 4 is 32.2 Å². The Labute approximate surface area is 95.1 Å². The van der Waals surface area contributed by atoms with Crippen molar-refractivity contribution < 1.29 is 45.7 Å². The lowest BCUT2D eigenvalue weighted by Gasteiger charge is -2.14. The molecule has 7 N–H and O–H groups in total. The fourth-order valence-electron chi connectivity index (χ4n) is 0.826. The van der Waals surface area contributed by atoms with Crippen LogP contribution in [0.15, 0.2) is 0 Å². The minimum absolute atomic E-state index is 0. The summed E-state index contributed by atoms with van der Waals surface area (Å²) >= 11 is 0. The van der Waals surface area contributed by atoms with E-state index in [0.717, 1.165) is 0 Å². The molecule has 2 atom stereocenters. The van der Waals surface area contributed by atoms with Gasteiger partial charge in [-0.1, -0.05) is 0 Å². The Morgan fingerprint density at radius 2 is 0.941 bits per heavy atom. The molecule has 102 valence electrons. The zero-order chi connectivity index (χ0) is 13.3. The molecule has 0 aromatic rings. The highest BCUT2D eigenvalue weighted by Gasteiger charge is 2.50. The van der Waals surface area contributed by atoms with Gasteiger partial charge in [0.1, 0.15) is 0 Å². The van der Waals surface area contributed by atoms with Crippen LogP contribution in [0.2, 0.25) is 0 Å². The van der Waals surface area contributed by atoms with E-state index in [4.69, 9.17) is 19.3 Å². The van der Waals surface area contributed by atoms with Crippen LogP contribution in [0.25, 0.3) is 0 Å². The van der Waals surface area contributed by atoms with E-state index in [2.05, 4.69) is 0 Å². The van der Waals surface area contributed by atoms with Crippen LogP contribution in [0.4, 0.5) is 0 Å². The van der Waals surface area contributed by atoms with Crippen molar-refractivity contribution in [1.29, 1.82) is 0 Å². The van der Waals surface area contributed by atoms with Crippen LogP contribution in [0.1, 0.15) is 0 Å². The summed E-state index contributed by atoms with van der Waals surface area (Å²) in [7, 11) is -11.0. The third kappa shape index (κ3) is 4.61. The second-order valence-corrected chi connectivity index (χ2v) is 5.62. The van der Waals surface area contributed by atoms with Gasteiger partial charge < -0.3 is 16.4 Å². The minimum Gasteiger partial charge on any atom is -0.480 e. The largest absolute Gasteiger partial charge is 0.480 e. The second kappa shape index (κ2) is 5.37. The Kier molecular flexibility index (Phi) is 5.71. The summed E-state index contributed by atoms with van der Waals surface area (Å²) in [5.41, 5.74) is 0. The van der Waals surface area contributed by atoms with E-state index < -0.39 is 42.7 Å². The molecule has 0 amide bonds. The highest BCUT2D eigenvalue weighted by molar-refractivity contribution is 7.91. The molecule has 0 saturated heterocycles. The van der Waals surface area contributed by atoms with Crippen molar-refractivity contribution in [2.75, 3.05) is 0 Å². The van der Waals surface area contributed by atoms with Crippen molar-refractivity contribution in [2.45, 2.75) is 10.5 Å². The molecule has 17 heavy (non-hydrogen) atoms. The first-order chi connectivity index (χ1) is 6.89. The van der Waals surface area contributed by atoms with E-state index in [1.165, 1.54) is 0 Å². The first-order valence-electron chi connectivity index (χ1n) is 3.27. The lowest BCUT2D eigenvalue weighted by Crippen LogP contribution is -2.49. The van der Waals surface area contributed by atoms with Gasteiger partial charge in [-0.3, -0.25) is 18.7 Å². The third-order valence-electron chi connectivity index (χ3n) is 1.40. The number of aliphatic carboxylic acids is 2. The van der Waals surface area contributed by atoms with E-state index in [1.807, 2.05) is 0 Å². The Balaban J connectivity index is 0. The molecule has 0 aliphatic heterocycles. The average molecular weight is 295 g/mol. The maximum Gasteiger partial charge on any atom is 0.326 e. The monoisotopic (exact) mass is 295 g/mol. The Morgan fingerprint density at radius 3 is 1.00 bits per heavy atom. The normalized spacial score (nSPS) is 15.4. The van der Waals surface area contributed by atoms with Gasteiger partial charge in [0.2, 0.25) is 10.5 Å². The highest BCUT2D eigenvalue weighted by atomic mass is 32.2. The molecule has 0 saturated carbocycles. The average Bonchev–Trinajstić information content (AvgIpc) is 1.92. The van der Waals surface area contributed by atoms with Gasteiger partial charge >= 0.3 is 11.9 Å². The van der Waals surface area contributed by atoms with Gasteiger partial charge in [0.05, 0.1) is 0 Å². The smallest absolute Gasteiger partial charge is 0.326 e. The van der Waals surface area contributed by atoms with Crippen LogP contribution in [-0.4, -0.2) is 58.6 Å². The standard InChI is InChI=1S/C4H6O10S2.H3N/c5-3(6)1(15(9,10)11)2(4(7)8)16(12,13)14;/h1-2H,(H,5,6)(H,7,8)(H,9,10,11)(H,12,13,14);1H3. The van der Waals surface area contributed by atoms with Gasteiger partial charge in [-0.25, -0.2) is 0 Å². The molecular formula is C4H9NO10S2. The summed E-state index contributed by atoms with van der Waals surface area (Å²) in [6.07, 6.45) is 0. The number of carboxylic acid groups (broad SMARTS) is 2. The van der Waals surface area contributed by atoms with Crippen LogP contribution in [0, 0.1) is 0 Å². The Morgan fingerprint density at radius 1 is 0.765 bits per heavy atom. The highest BCUT2D eigenvalue weighted by Crippen LogP contribution is 2.13. The van der Waals surface area contributed by atoms with E-state index in [1.54, 1.807) is 0 Å². The van der Waals surface area contributed by atoms with Crippen molar-refractivity contribution in [3.63, 3.8) is 0 Å². The molecule has 0 fully saturated rings. The first kappa shape index (κ1) is 18.1. The molecule has 11 nitrogen and oxygen atoms in total. The molecule has 0 aromatic carbocycles. The Bertz CT molecular complexity index is 454. The van der Waals surface area contributed by atoms with Gasteiger partial charge in [0.15, 0.2) is 0 Å². The zero-order valence-electron chi connectivity index (χ0n) is 7.92. The lowest BCUT2D eigenvalue weighted by molar-refractivity contribution is -0.143. The van der Waals surface area contributed by atoms with Crippen LogP contribution in [0.3, 0.4) is 0 Å². The predicted octanol–water partition coefficient (Wildman–Crippen LogP) is -2.17. The summed E-state index contributed by atoms with van der Waals surface area (Å²) < 4.78 is 58.8. The summed E-state index contributed by atoms with van der Waals surface area (Å²) in [5.74, 6) is -4.85. The third-order valence-corrected chi connectivity index (χ3v) is 3.81. The SMILES string of the molecule is N.O=C(O)C(C(C(=O)O)S(=O)(=O)O)S(=O)(=O)O. The van der Waals surface area contributed by atoms with Crippen LogP contribution in [0.5, 0.6) is 0 Å². The van der Waals surface area contributed by atoms with Crippen LogP contribution >= 0.6 is 0 Å². The van der Waals surface area contributed by atoms with Crippen LogP contribution < -0.4 is 6.15 Å². The summed E-state index contributed by atoms with van der Waals surface area (Å²) in [5, 5.41) is 10.2. The summed E-state index contributed by atoms with van der Waals surface area (Å²) in [6, 6.07) is 0. The van der Waals surface area contributed by atoms with Crippen molar-refractivity contribution in [2.24, 2.45) is 0 Å². The number of rotatable bonds is 5. The van der Waals surface area contributed by atoms with E-state index >= 15 is 0 Å². The van der Waals surface area contributed by atoms with E-state index in [-0.39, 0.29) is 6.15 Å². The lowest BCUT2D eigenvalue weighted by atomic mass is 10.3. The van der Waals surface area contributed by atoms with Gasteiger partial charge in [0, 0.05) is 0 Å². The van der Waals surface area contributed by atoms with Gasteiger partial charge in [-0.05, 0) is 0 Å². The quantitative estimate of drug-likeness (QED) is 0.343. The van der Waals surface area contributed by atoms with Crippen molar-refractivity contribution in [1.82, 2.24) is 6.15 Å². The summed E-state index contributed by atoms with van der Waals surface area (Å²) in [6.45, 7) is 0. The van der Waals surface area contributed by atoms with Gasteiger partial charge in [-0.2, -0.15) is 16.8 Å². The molecule has 0 rings (SSSR count). The second-order valence-electron chi connectivity index (χ2n) is 2.55. The van der Waals surface area contributed by atoms with Crippen molar-refractivity contribution in [3.8, 4) is 0 Å². The topological polar surface area (TPSA) is 218 Å².